The van der Waals surface area contributed by atoms with E-state index in [0.717, 1.165) is 13.1 Å². The zero-order valence-corrected chi connectivity index (χ0v) is 17.3. The molecule has 5 heteroatoms. The van der Waals surface area contributed by atoms with Crippen LogP contribution in [0.15, 0.2) is 42.5 Å². The molecule has 0 bridgehead atoms. The topological polar surface area (TPSA) is 42.0 Å². The molecule has 1 aliphatic heterocycles. The van der Waals surface area contributed by atoms with Crippen LogP contribution in [0.2, 0.25) is 0 Å². The Kier molecular flexibility index (Phi) is 6.45. The first kappa shape index (κ1) is 20.1. The van der Waals surface area contributed by atoms with Gasteiger partial charge in [-0.1, -0.05) is 31.2 Å². The van der Waals surface area contributed by atoms with Crippen molar-refractivity contribution in [3.8, 4) is 11.5 Å². The largest absolute Gasteiger partial charge is 0.493 e. The van der Waals surface area contributed by atoms with Crippen molar-refractivity contribution in [2.24, 2.45) is 0 Å². The van der Waals surface area contributed by atoms with Crippen LogP contribution in [-0.4, -0.2) is 50.2 Å². The first-order valence-corrected chi connectivity index (χ1v) is 9.94. The van der Waals surface area contributed by atoms with E-state index in [1.165, 1.54) is 16.8 Å². The molecule has 2 aromatic carbocycles. The van der Waals surface area contributed by atoms with Crippen molar-refractivity contribution >= 4 is 11.6 Å². The number of carbonyl (C=O) groups is 1. The van der Waals surface area contributed by atoms with Crippen LogP contribution >= 0.6 is 0 Å². The molecule has 5 nitrogen and oxygen atoms in total. The van der Waals surface area contributed by atoms with Crippen LogP contribution < -0.4 is 14.4 Å². The van der Waals surface area contributed by atoms with Crippen molar-refractivity contribution in [1.29, 1.82) is 0 Å². The maximum Gasteiger partial charge on any atom is 0.263 e. The summed E-state index contributed by atoms with van der Waals surface area (Å²) >= 11 is 0. The van der Waals surface area contributed by atoms with Gasteiger partial charge < -0.3 is 19.3 Å². The molecule has 1 amide bonds. The highest BCUT2D eigenvalue weighted by molar-refractivity contribution is 5.81. The minimum Gasteiger partial charge on any atom is -0.493 e. The summed E-state index contributed by atoms with van der Waals surface area (Å²) in [5.41, 5.74) is 3.88. The van der Waals surface area contributed by atoms with E-state index in [1.54, 1.807) is 7.11 Å². The molecule has 2 aromatic rings. The molecule has 1 aliphatic rings. The highest BCUT2D eigenvalue weighted by Gasteiger charge is 2.29. The molecule has 1 atom stereocenters. The number of nitrogens with zero attached hydrogens (tertiary/aromatic N) is 2. The lowest BCUT2D eigenvalue weighted by Crippen LogP contribution is -2.52. The Morgan fingerprint density at radius 1 is 1.00 bits per heavy atom. The van der Waals surface area contributed by atoms with Gasteiger partial charge in [0.25, 0.3) is 5.91 Å². The molecular formula is C23H30N2O3. The van der Waals surface area contributed by atoms with Crippen LogP contribution in [-0.2, 0) is 4.79 Å². The number of carbonyl (C=O) groups excluding carboxylic acids is 1. The van der Waals surface area contributed by atoms with Gasteiger partial charge in [-0.05, 0) is 49.6 Å². The summed E-state index contributed by atoms with van der Waals surface area (Å²) in [6.45, 7) is 9.36. The van der Waals surface area contributed by atoms with Gasteiger partial charge in [-0.15, -0.1) is 0 Å². The minimum atomic E-state index is -0.497. The summed E-state index contributed by atoms with van der Waals surface area (Å²) in [5.74, 6) is 1.31. The summed E-state index contributed by atoms with van der Waals surface area (Å²) in [5, 5.41) is 0. The van der Waals surface area contributed by atoms with Gasteiger partial charge in [0.1, 0.15) is 0 Å². The maximum absolute atomic E-state index is 13.0. The van der Waals surface area contributed by atoms with Crippen molar-refractivity contribution in [2.75, 3.05) is 38.2 Å². The number of hydrogen-bond acceptors (Lipinski definition) is 4. The molecule has 0 spiro atoms. The van der Waals surface area contributed by atoms with E-state index in [1.807, 2.05) is 36.1 Å². The zero-order valence-electron chi connectivity index (χ0n) is 17.3. The van der Waals surface area contributed by atoms with Crippen LogP contribution in [0.25, 0.3) is 0 Å². The fourth-order valence-corrected chi connectivity index (χ4v) is 3.63. The van der Waals surface area contributed by atoms with Gasteiger partial charge >= 0.3 is 0 Å². The van der Waals surface area contributed by atoms with Gasteiger partial charge in [-0.25, -0.2) is 0 Å². The second kappa shape index (κ2) is 9.00. The smallest absolute Gasteiger partial charge is 0.263 e. The Hall–Kier alpha value is -2.69. The van der Waals surface area contributed by atoms with E-state index in [2.05, 4.69) is 36.9 Å². The predicted octanol–water partition coefficient (Wildman–Crippen LogP) is 3.82. The molecule has 150 valence electrons. The number of anilines is 1. The number of ether oxygens (including phenoxy) is 2. The lowest BCUT2D eigenvalue weighted by molar-refractivity contribution is -0.139. The van der Waals surface area contributed by atoms with Gasteiger partial charge in [0.05, 0.1) is 7.11 Å². The van der Waals surface area contributed by atoms with Gasteiger partial charge in [0.2, 0.25) is 0 Å². The lowest BCUT2D eigenvalue weighted by Gasteiger charge is -2.38. The Bertz CT molecular complexity index is 813. The first-order valence-electron chi connectivity index (χ1n) is 9.94. The normalized spacial score (nSPS) is 15.3. The number of amides is 1. The van der Waals surface area contributed by atoms with Crippen LogP contribution in [0.1, 0.15) is 24.5 Å². The van der Waals surface area contributed by atoms with Crippen LogP contribution in [0.5, 0.6) is 11.5 Å². The molecule has 1 fully saturated rings. The van der Waals surface area contributed by atoms with Crippen molar-refractivity contribution in [2.45, 2.75) is 33.3 Å². The van der Waals surface area contributed by atoms with Gasteiger partial charge in [-0.3, -0.25) is 4.79 Å². The molecule has 1 saturated heterocycles. The molecule has 0 saturated carbocycles. The highest BCUT2D eigenvalue weighted by atomic mass is 16.5. The van der Waals surface area contributed by atoms with Crippen LogP contribution in [0.3, 0.4) is 0 Å². The van der Waals surface area contributed by atoms with E-state index in [4.69, 9.17) is 9.47 Å². The average Bonchev–Trinajstić information content (AvgIpc) is 2.74. The van der Waals surface area contributed by atoms with Crippen molar-refractivity contribution in [1.82, 2.24) is 4.90 Å². The van der Waals surface area contributed by atoms with Crippen LogP contribution in [0.4, 0.5) is 5.69 Å². The monoisotopic (exact) mass is 382 g/mol. The van der Waals surface area contributed by atoms with E-state index in [9.17, 15) is 4.79 Å². The number of rotatable bonds is 6. The third-order valence-corrected chi connectivity index (χ3v) is 5.49. The molecule has 3 rings (SSSR count). The second-order valence-corrected chi connectivity index (χ2v) is 7.20. The summed E-state index contributed by atoms with van der Waals surface area (Å²) in [7, 11) is 1.61. The first-order chi connectivity index (χ1) is 13.5. The summed E-state index contributed by atoms with van der Waals surface area (Å²) in [6.07, 6.45) is 0.122. The Balaban J connectivity index is 1.64. The maximum atomic E-state index is 13.0. The van der Waals surface area contributed by atoms with Gasteiger partial charge in [0, 0.05) is 31.9 Å². The number of piperazine rings is 1. The fourth-order valence-electron chi connectivity index (χ4n) is 3.63. The second-order valence-electron chi connectivity index (χ2n) is 7.20. The molecule has 1 heterocycles. The number of aryl methyl sites for hydroxylation is 1. The molecule has 0 aromatic heterocycles. The van der Waals surface area contributed by atoms with E-state index >= 15 is 0 Å². The number of para-hydroxylation sites is 2. The Labute approximate surface area is 167 Å². The summed E-state index contributed by atoms with van der Waals surface area (Å²) in [4.78, 5) is 17.3. The average molecular weight is 383 g/mol. The lowest BCUT2D eigenvalue weighted by atomic mass is 10.1. The number of benzene rings is 2. The summed E-state index contributed by atoms with van der Waals surface area (Å²) in [6, 6.07) is 13.9. The molecule has 0 N–H and O–H groups in total. The highest BCUT2D eigenvalue weighted by Crippen LogP contribution is 2.28. The molecular weight excluding hydrogens is 352 g/mol. The number of methoxy groups -OCH3 is 1. The van der Waals surface area contributed by atoms with E-state index in [0.29, 0.717) is 31.0 Å². The zero-order chi connectivity index (χ0) is 20.1. The quantitative estimate of drug-likeness (QED) is 0.762. The standard InChI is InChI=1S/C23H30N2O3/c1-5-20(28-22-12-7-6-11-21(22)27-4)23(26)25-15-13-24(14-16-25)19-10-8-9-17(2)18(19)3/h6-12,20H,5,13-16H2,1-4H3/t20-/m1/s1. The third kappa shape index (κ3) is 4.24. The molecule has 0 aliphatic carbocycles. The SMILES string of the molecule is CC[C@@H](Oc1ccccc1OC)C(=O)N1CCN(c2cccc(C)c2C)CC1. The number of hydrogen-bond donors (Lipinski definition) is 0. The molecule has 0 radical (unpaired) electrons. The van der Waals surface area contributed by atoms with Crippen molar-refractivity contribution in [3.63, 3.8) is 0 Å². The van der Waals surface area contributed by atoms with E-state index in [-0.39, 0.29) is 5.91 Å². The molecule has 28 heavy (non-hydrogen) atoms. The minimum absolute atomic E-state index is 0.0500. The van der Waals surface area contributed by atoms with Gasteiger partial charge in [-0.2, -0.15) is 0 Å². The fraction of sp³-hybridized carbons (Fsp3) is 0.435. The van der Waals surface area contributed by atoms with Crippen molar-refractivity contribution in [3.05, 3.63) is 53.6 Å². The molecule has 0 unspecified atom stereocenters. The Morgan fingerprint density at radius 3 is 2.32 bits per heavy atom. The van der Waals surface area contributed by atoms with E-state index < -0.39 is 6.10 Å². The Morgan fingerprint density at radius 2 is 1.68 bits per heavy atom. The van der Waals surface area contributed by atoms with Crippen LogP contribution in [0, 0.1) is 13.8 Å². The van der Waals surface area contributed by atoms with Gasteiger partial charge in [0.15, 0.2) is 17.6 Å². The predicted molar refractivity (Wildman–Crippen MR) is 112 cm³/mol. The van der Waals surface area contributed by atoms with Crippen molar-refractivity contribution < 1.29 is 14.3 Å². The summed E-state index contributed by atoms with van der Waals surface area (Å²) < 4.78 is 11.4. The third-order valence-electron chi connectivity index (χ3n) is 5.49.